The lowest BCUT2D eigenvalue weighted by Gasteiger charge is -2.28. The topological polar surface area (TPSA) is 133 Å². The summed E-state index contributed by atoms with van der Waals surface area (Å²) >= 11 is 0. The minimum atomic E-state index is -0.764. The summed E-state index contributed by atoms with van der Waals surface area (Å²) in [6.07, 6.45) is 2.49. The highest BCUT2D eigenvalue weighted by Crippen LogP contribution is 2.34. The van der Waals surface area contributed by atoms with Crippen LogP contribution >= 0.6 is 0 Å². The van der Waals surface area contributed by atoms with E-state index in [9.17, 15) is 23.6 Å². The third-order valence-electron chi connectivity index (χ3n) is 5.83. The zero-order valence-corrected chi connectivity index (χ0v) is 21.7. The number of benzene rings is 1. The zero-order valence-electron chi connectivity index (χ0n) is 21.7. The standard InChI is InChI=1S/C26H32FN5O5/c1-14-19(13-30-21(14)12-18-17-11-16(27)7-8-20(17)31-24(18)35)23(34)29-10-9-28-22(33)15(2)32(6)25(36)37-26(3,4)5/h7-8,11-13,15,30H,9-10H2,1-6H3,(H,28,33)(H,29,34)(H,31,35)/b18-12-. The summed E-state index contributed by atoms with van der Waals surface area (Å²) < 4.78 is 19.0. The van der Waals surface area contributed by atoms with Gasteiger partial charge in [0.25, 0.3) is 11.8 Å². The van der Waals surface area contributed by atoms with Crippen LogP contribution in [0, 0.1) is 12.7 Å². The summed E-state index contributed by atoms with van der Waals surface area (Å²) in [5.41, 5.74) is 2.11. The summed E-state index contributed by atoms with van der Waals surface area (Å²) in [7, 11) is 1.48. The van der Waals surface area contributed by atoms with E-state index in [-0.39, 0.29) is 30.8 Å². The SMILES string of the molecule is Cc1c(C(=O)NCCNC(=O)C(C)N(C)C(=O)OC(C)(C)C)c[nH]c1/C=C1\C(=O)Nc2ccc(F)cc21. The van der Waals surface area contributed by atoms with Gasteiger partial charge in [-0.15, -0.1) is 0 Å². The number of likely N-dealkylation sites (N-methyl/N-ethyl adjacent to an activating group) is 1. The van der Waals surface area contributed by atoms with E-state index >= 15 is 0 Å². The number of aromatic nitrogens is 1. The number of nitrogens with zero attached hydrogens (tertiary/aromatic N) is 1. The Morgan fingerprint density at radius 1 is 1.19 bits per heavy atom. The van der Waals surface area contributed by atoms with Crippen molar-refractivity contribution in [3.8, 4) is 0 Å². The summed E-state index contributed by atoms with van der Waals surface area (Å²) in [6, 6.07) is 3.29. The van der Waals surface area contributed by atoms with Crippen molar-refractivity contribution >= 4 is 41.2 Å². The maximum atomic E-state index is 13.7. The lowest BCUT2D eigenvalue weighted by molar-refractivity contribution is -0.125. The molecule has 3 rings (SSSR count). The van der Waals surface area contributed by atoms with E-state index in [1.165, 1.54) is 36.3 Å². The van der Waals surface area contributed by atoms with E-state index in [1.54, 1.807) is 40.7 Å². The van der Waals surface area contributed by atoms with Crippen LogP contribution in [0.5, 0.6) is 0 Å². The predicted molar refractivity (Wildman–Crippen MR) is 137 cm³/mol. The first kappa shape index (κ1) is 27.4. The van der Waals surface area contributed by atoms with Crippen LogP contribution < -0.4 is 16.0 Å². The average molecular weight is 514 g/mol. The number of amides is 4. The molecule has 2 aromatic rings. The molecule has 0 radical (unpaired) electrons. The van der Waals surface area contributed by atoms with Gasteiger partial charge >= 0.3 is 6.09 Å². The molecule has 0 saturated carbocycles. The van der Waals surface area contributed by atoms with Crippen molar-refractivity contribution < 1.29 is 28.3 Å². The molecular formula is C26H32FN5O5. The Bertz CT molecular complexity index is 1260. The first-order valence-corrected chi connectivity index (χ1v) is 11.8. The molecule has 37 heavy (non-hydrogen) atoms. The monoisotopic (exact) mass is 513 g/mol. The molecular weight excluding hydrogens is 481 g/mol. The highest BCUT2D eigenvalue weighted by Gasteiger charge is 2.27. The van der Waals surface area contributed by atoms with Crippen molar-refractivity contribution in [1.82, 2.24) is 20.5 Å². The normalized spacial score (nSPS) is 14.6. The van der Waals surface area contributed by atoms with Gasteiger partial charge in [-0.3, -0.25) is 19.3 Å². The molecule has 1 aromatic heterocycles. The summed E-state index contributed by atoms with van der Waals surface area (Å²) in [6.45, 7) is 8.84. The lowest BCUT2D eigenvalue weighted by Crippen LogP contribution is -2.48. The number of rotatable bonds is 7. The van der Waals surface area contributed by atoms with Gasteiger partial charge in [-0.05, 0) is 64.5 Å². The van der Waals surface area contributed by atoms with E-state index in [0.29, 0.717) is 33.6 Å². The van der Waals surface area contributed by atoms with Crippen LogP contribution in [0.2, 0.25) is 0 Å². The maximum Gasteiger partial charge on any atom is 0.410 e. The first-order valence-electron chi connectivity index (χ1n) is 11.8. The fraction of sp³-hybridized carbons (Fsp3) is 0.385. The van der Waals surface area contributed by atoms with Crippen LogP contribution in [0.25, 0.3) is 11.6 Å². The number of aromatic amines is 1. The Morgan fingerprint density at radius 3 is 2.54 bits per heavy atom. The third-order valence-corrected chi connectivity index (χ3v) is 5.83. The van der Waals surface area contributed by atoms with Gasteiger partial charge in [-0.2, -0.15) is 0 Å². The molecule has 1 aliphatic heterocycles. The Hall–Kier alpha value is -4.15. The molecule has 2 heterocycles. The van der Waals surface area contributed by atoms with Gasteiger partial charge in [0.05, 0.1) is 11.1 Å². The smallest absolute Gasteiger partial charge is 0.410 e. The van der Waals surface area contributed by atoms with Crippen molar-refractivity contribution in [1.29, 1.82) is 0 Å². The van der Waals surface area contributed by atoms with Gasteiger partial charge in [0.1, 0.15) is 17.5 Å². The molecule has 11 heteroatoms. The number of nitrogens with one attached hydrogen (secondary N) is 4. The quantitative estimate of drug-likeness (QED) is 0.334. The average Bonchev–Trinajstić information content (AvgIpc) is 3.33. The maximum absolute atomic E-state index is 13.7. The van der Waals surface area contributed by atoms with Gasteiger partial charge in [0.2, 0.25) is 5.91 Å². The minimum absolute atomic E-state index is 0.153. The molecule has 198 valence electrons. The number of hydrogen-bond acceptors (Lipinski definition) is 5. The molecule has 0 fully saturated rings. The summed E-state index contributed by atoms with van der Waals surface area (Å²) in [5.74, 6) is -1.57. The largest absolute Gasteiger partial charge is 0.444 e. The molecule has 4 amide bonds. The number of carbonyl (C=O) groups excluding carboxylic acids is 4. The second-order valence-corrected chi connectivity index (χ2v) is 9.76. The molecule has 1 aliphatic rings. The van der Waals surface area contributed by atoms with Crippen LogP contribution in [0.1, 0.15) is 54.9 Å². The number of fused-ring (bicyclic) bond motifs is 1. The number of ether oxygens (including phenoxy) is 1. The Morgan fingerprint density at radius 2 is 1.86 bits per heavy atom. The highest BCUT2D eigenvalue weighted by atomic mass is 19.1. The predicted octanol–water partition coefficient (Wildman–Crippen LogP) is 3.06. The van der Waals surface area contributed by atoms with Gasteiger partial charge in [-0.1, -0.05) is 0 Å². The molecule has 0 aliphatic carbocycles. The van der Waals surface area contributed by atoms with Crippen molar-refractivity contribution in [2.24, 2.45) is 0 Å². The van der Waals surface area contributed by atoms with Crippen molar-refractivity contribution in [2.45, 2.75) is 46.3 Å². The number of hydrogen-bond donors (Lipinski definition) is 4. The highest BCUT2D eigenvalue weighted by molar-refractivity contribution is 6.34. The zero-order chi connectivity index (χ0) is 27.5. The number of H-pyrrole nitrogens is 1. The lowest BCUT2D eigenvalue weighted by atomic mass is 10.0. The van der Waals surface area contributed by atoms with Crippen LogP contribution in [-0.2, 0) is 14.3 Å². The van der Waals surface area contributed by atoms with Crippen molar-refractivity contribution in [3.05, 3.63) is 52.6 Å². The van der Waals surface area contributed by atoms with Crippen LogP contribution in [0.15, 0.2) is 24.4 Å². The Labute approximate surface area is 214 Å². The number of carbonyl (C=O) groups is 4. The summed E-state index contributed by atoms with van der Waals surface area (Å²) in [5, 5.41) is 8.09. The van der Waals surface area contributed by atoms with E-state index in [2.05, 4.69) is 20.9 Å². The van der Waals surface area contributed by atoms with Gasteiger partial charge in [0.15, 0.2) is 0 Å². The van der Waals surface area contributed by atoms with E-state index in [0.717, 1.165) is 0 Å². The molecule has 0 saturated heterocycles. The first-order chi connectivity index (χ1) is 17.3. The summed E-state index contributed by atoms with van der Waals surface area (Å²) in [4.78, 5) is 53.7. The molecule has 1 aromatic carbocycles. The minimum Gasteiger partial charge on any atom is -0.444 e. The Balaban J connectivity index is 1.55. The van der Waals surface area contributed by atoms with Crippen LogP contribution in [0.4, 0.5) is 14.9 Å². The fourth-order valence-electron chi connectivity index (χ4n) is 3.62. The molecule has 4 N–H and O–H groups in total. The van der Waals surface area contributed by atoms with E-state index < -0.39 is 23.6 Å². The van der Waals surface area contributed by atoms with E-state index in [4.69, 9.17) is 4.74 Å². The van der Waals surface area contributed by atoms with Gasteiger partial charge < -0.3 is 25.7 Å². The number of anilines is 1. The van der Waals surface area contributed by atoms with E-state index in [1.807, 2.05) is 0 Å². The molecule has 1 atom stereocenters. The van der Waals surface area contributed by atoms with Crippen LogP contribution in [-0.4, -0.2) is 65.5 Å². The second-order valence-electron chi connectivity index (χ2n) is 9.76. The van der Waals surface area contributed by atoms with Gasteiger partial charge in [0, 0.05) is 43.3 Å². The molecule has 10 nitrogen and oxygen atoms in total. The molecule has 0 bridgehead atoms. The van der Waals surface area contributed by atoms with Gasteiger partial charge in [-0.25, -0.2) is 9.18 Å². The Kier molecular flexibility index (Phi) is 8.05. The van der Waals surface area contributed by atoms with Crippen LogP contribution in [0.3, 0.4) is 0 Å². The second kappa shape index (κ2) is 10.9. The van der Waals surface area contributed by atoms with Crippen molar-refractivity contribution in [3.63, 3.8) is 0 Å². The fourth-order valence-corrected chi connectivity index (χ4v) is 3.62. The van der Waals surface area contributed by atoms with Crippen molar-refractivity contribution in [2.75, 3.05) is 25.5 Å². The molecule has 1 unspecified atom stereocenters. The third kappa shape index (κ3) is 6.54. The molecule has 0 spiro atoms. The number of halogens is 1.